The van der Waals surface area contributed by atoms with Crippen LogP contribution in [0.4, 0.5) is 0 Å². The molecule has 0 fully saturated rings. The Kier molecular flexibility index (Phi) is 6.12. The lowest BCUT2D eigenvalue weighted by Crippen LogP contribution is -2.49. The minimum absolute atomic E-state index is 0.246. The molecule has 0 aliphatic rings. The molecule has 4 rings (SSSR count). The molecule has 0 unspecified atom stereocenters. The van der Waals surface area contributed by atoms with Gasteiger partial charge >= 0.3 is 0 Å². The van der Waals surface area contributed by atoms with Crippen molar-refractivity contribution in [3.63, 3.8) is 0 Å². The zero-order chi connectivity index (χ0) is 22.5. The quantitative estimate of drug-likeness (QED) is 0.397. The molecule has 160 valence electrons. The van der Waals surface area contributed by atoms with E-state index in [1.165, 1.54) is 0 Å². The fourth-order valence-corrected chi connectivity index (χ4v) is 3.85. The number of primary amides is 1. The molecule has 4 N–H and O–H groups in total. The number of carbonyl (C=O) groups excluding carboxylic acids is 3. The minimum Gasteiger partial charge on any atom is -0.368 e. The maximum Gasteiger partial charge on any atom is 0.251 e. The summed E-state index contributed by atoms with van der Waals surface area (Å²) in [6.07, 6.45) is 0.246. The van der Waals surface area contributed by atoms with Crippen LogP contribution in [0.3, 0.4) is 0 Å². The average Bonchev–Trinajstić information content (AvgIpc) is 2.82. The standard InChI is InChI=1S/C26H23N3O3/c27-25(31)23(29-24(30)16-28-26(32)17-8-2-1-3-9-17)15-22-20-12-6-4-10-18(20)14-19-11-5-7-13-21(19)22/h1-14,23H,15-16H2,(H2,27,31)(H,28,32)(H,29,30)/t23-/m0/s1. The molecule has 0 bridgehead atoms. The Hall–Kier alpha value is -4.19. The van der Waals surface area contributed by atoms with Gasteiger partial charge in [-0.3, -0.25) is 14.4 Å². The normalized spacial score (nSPS) is 11.8. The molecule has 0 aliphatic carbocycles. The molecule has 3 amide bonds. The number of hydrogen-bond acceptors (Lipinski definition) is 3. The Labute approximate surface area is 185 Å². The topological polar surface area (TPSA) is 101 Å². The van der Waals surface area contributed by atoms with E-state index < -0.39 is 17.9 Å². The fourth-order valence-electron chi connectivity index (χ4n) is 3.85. The van der Waals surface area contributed by atoms with Crippen molar-refractivity contribution in [1.82, 2.24) is 10.6 Å². The molecular weight excluding hydrogens is 402 g/mol. The van der Waals surface area contributed by atoms with Gasteiger partial charge in [0.1, 0.15) is 6.04 Å². The summed E-state index contributed by atoms with van der Waals surface area (Å²) in [4.78, 5) is 36.8. The van der Waals surface area contributed by atoms with Gasteiger partial charge in [0.25, 0.3) is 5.91 Å². The zero-order valence-electron chi connectivity index (χ0n) is 17.4. The summed E-state index contributed by atoms with van der Waals surface area (Å²) in [5, 5.41) is 9.34. The molecule has 0 aliphatic heterocycles. The second-order valence-electron chi connectivity index (χ2n) is 7.57. The van der Waals surface area contributed by atoms with Gasteiger partial charge in [0.2, 0.25) is 11.8 Å². The minimum atomic E-state index is -0.912. The molecular formula is C26H23N3O3. The molecule has 0 aromatic heterocycles. The van der Waals surface area contributed by atoms with E-state index in [1.54, 1.807) is 30.3 Å². The van der Waals surface area contributed by atoms with Crippen LogP contribution in [0.2, 0.25) is 0 Å². The summed E-state index contributed by atoms with van der Waals surface area (Å²) in [6.45, 7) is -0.256. The van der Waals surface area contributed by atoms with Gasteiger partial charge in [-0.2, -0.15) is 0 Å². The summed E-state index contributed by atoms with van der Waals surface area (Å²) >= 11 is 0. The summed E-state index contributed by atoms with van der Waals surface area (Å²) < 4.78 is 0. The first-order valence-corrected chi connectivity index (χ1v) is 10.3. The molecule has 0 spiro atoms. The monoisotopic (exact) mass is 425 g/mol. The van der Waals surface area contributed by atoms with E-state index in [9.17, 15) is 14.4 Å². The Morgan fingerprint density at radius 3 is 1.94 bits per heavy atom. The predicted octanol–water partition coefficient (Wildman–Crippen LogP) is 2.94. The molecule has 32 heavy (non-hydrogen) atoms. The second-order valence-corrected chi connectivity index (χ2v) is 7.57. The van der Waals surface area contributed by atoms with Gasteiger partial charge in [-0.25, -0.2) is 0 Å². The molecule has 4 aromatic rings. The van der Waals surface area contributed by atoms with Gasteiger partial charge < -0.3 is 16.4 Å². The molecule has 0 heterocycles. The highest BCUT2D eigenvalue weighted by Gasteiger charge is 2.21. The number of nitrogens with one attached hydrogen (secondary N) is 2. The molecule has 6 nitrogen and oxygen atoms in total. The third-order valence-electron chi connectivity index (χ3n) is 5.42. The third kappa shape index (κ3) is 4.59. The lowest BCUT2D eigenvalue weighted by Gasteiger charge is -2.19. The second kappa shape index (κ2) is 9.31. The van der Waals surface area contributed by atoms with Crippen LogP contribution in [0, 0.1) is 0 Å². The Bertz CT molecular complexity index is 1250. The molecule has 1 atom stereocenters. The van der Waals surface area contributed by atoms with Gasteiger partial charge in [-0.15, -0.1) is 0 Å². The first-order chi connectivity index (χ1) is 15.5. The maximum absolute atomic E-state index is 12.5. The van der Waals surface area contributed by atoms with E-state index in [0.717, 1.165) is 27.1 Å². The van der Waals surface area contributed by atoms with Gasteiger partial charge in [0, 0.05) is 12.0 Å². The van der Waals surface area contributed by atoms with Gasteiger partial charge in [0.05, 0.1) is 6.54 Å². The first-order valence-electron chi connectivity index (χ1n) is 10.3. The smallest absolute Gasteiger partial charge is 0.251 e. The van der Waals surface area contributed by atoms with Crippen molar-refractivity contribution in [3.8, 4) is 0 Å². The van der Waals surface area contributed by atoms with Crippen molar-refractivity contribution in [3.05, 3.63) is 96.1 Å². The number of nitrogens with two attached hydrogens (primary N) is 1. The Morgan fingerprint density at radius 2 is 1.34 bits per heavy atom. The number of hydrogen-bond donors (Lipinski definition) is 3. The number of benzene rings is 4. The lowest BCUT2D eigenvalue weighted by molar-refractivity contribution is -0.126. The van der Waals surface area contributed by atoms with Crippen molar-refractivity contribution >= 4 is 39.3 Å². The number of amides is 3. The van der Waals surface area contributed by atoms with E-state index in [-0.39, 0.29) is 18.9 Å². The summed E-state index contributed by atoms with van der Waals surface area (Å²) in [5.41, 5.74) is 7.02. The molecule has 6 heteroatoms. The molecule has 4 aromatic carbocycles. The SMILES string of the molecule is NC(=O)[C@H](Cc1c2ccccc2cc2ccccc12)NC(=O)CNC(=O)c1ccccc1. The number of rotatable bonds is 7. The van der Waals surface area contributed by atoms with Crippen LogP contribution in [-0.4, -0.2) is 30.3 Å². The summed E-state index contributed by atoms with van der Waals surface area (Å²) in [6, 6.07) is 25.6. The summed E-state index contributed by atoms with van der Waals surface area (Å²) in [7, 11) is 0. The lowest BCUT2D eigenvalue weighted by atomic mass is 9.92. The number of carbonyl (C=O) groups is 3. The van der Waals surface area contributed by atoms with Gasteiger partial charge in [-0.1, -0.05) is 66.7 Å². The van der Waals surface area contributed by atoms with E-state index >= 15 is 0 Å². The Morgan fingerprint density at radius 1 is 0.781 bits per heavy atom. The van der Waals surface area contributed by atoms with Crippen molar-refractivity contribution < 1.29 is 14.4 Å². The van der Waals surface area contributed by atoms with E-state index in [0.29, 0.717) is 5.56 Å². The first kappa shape index (κ1) is 21.1. The fraction of sp³-hybridized carbons (Fsp3) is 0.115. The van der Waals surface area contributed by atoms with Crippen molar-refractivity contribution in [2.75, 3.05) is 6.54 Å². The molecule has 0 radical (unpaired) electrons. The average molecular weight is 425 g/mol. The number of fused-ring (bicyclic) bond motifs is 2. The zero-order valence-corrected chi connectivity index (χ0v) is 17.4. The van der Waals surface area contributed by atoms with Gasteiger partial charge in [0.15, 0.2) is 0 Å². The van der Waals surface area contributed by atoms with E-state index in [4.69, 9.17) is 5.73 Å². The van der Waals surface area contributed by atoms with Crippen LogP contribution in [0.1, 0.15) is 15.9 Å². The van der Waals surface area contributed by atoms with Crippen LogP contribution in [-0.2, 0) is 16.0 Å². The van der Waals surface area contributed by atoms with Crippen molar-refractivity contribution in [1.29, 1.82) is 0 Å². The van der Waals surface area contributed by atoms with E-state index in [1.807, 2.05) is 48.5 Å². The van der Waals surface area contributed by atoms with Crippen molar-refractivity contribution in [2.45, 2.75) is 12.5 Å². The summed E-state index contributed by atoms with van der Waals surface area (Å²) in [5.74, 6) is -1.48. The highest BCUT2D eigenvalue weighted by atomic mass is 16.2. The van der Waals surface area contributed by atoms with Crippen LogP contribution in [0.25, 0.3) is 21.5 Å². The highest BCUT2D eigenvalue weighted by molar-refractivity contribution is 6.03. The molecule has 0 saturated heterocycles. The predicted molar refractivity (Wildman–Crippen MR) is 125 cm³/mol. The van der Waals surface area contributed by atoms with Crippen LogP contribution in [0.15, 0.2) is 84.9 Å². The van der Waals surface area contributed by atoms with Crippen molar-refractivity contribution in [2.24, 2.45) is 5.73 Å². The maximum atomic E-state index is 12.5. The van der Waals surface area contributed by atoms with Gasteiger partial charge in [-0.05, 0) is 45.3 Å². The highest BCUT2D eigenvalue weighted by Crippen LogP contribution is 2.29. The largest absolute Gasteiger partial charge is 0.368 e. The van der Waals surface area contributed by atoms with Crippen LogP contribution < -0.4 is 16.4 Å². The van der Waals surface area contributed by atoms with Crippen LogP contribution >= 0.6 is 0 Å². The molecule has 0 saturated carbocycles. The van der Waals surface area contributed by atoms with E-state index in [2.05, 4.69) is 16.7 Å². The Balaban J connectivity index is 1.54. The third-order valence-corrected chi connectivity index (χ3v) is 5.42. The van der Waals surface area contributed by atoms with Crippen LogP contribution in [0.5, 0.6) is 0 Å².